The van der Waals surface area contributed by atoms with E-state index in [9.17, 15) is 0 Å². The fourth-order valence-electron chi connectivity index (χ4n) is 7.81. The van der Waals surface area contributed by atoms with Crippen LogP contribution in [0.2, 0.25) is 0 Å². The van der Waals surface area contributed by atoms with Crippen LogP contribution in [0, 0.1) is 0 Å². The van der Waals surface area contributed by atoms with Crippen molar-refractivity contribution in [3.05, 3.63) is 0 Å². The summed E-state index contributed by atoms with van der Waals surface area (Å²) in [5, 5.41) is 0. The van der Waals surface area contributed by atoms with Crippen molar-refractivity contribution in [2.45, 2.75) is 290 Å². The van der Waals surface area contributed by atoms with Crippen molar-refractivity contribution in [3.8, 4) is 0 Å². The molecule has 304 valence electrons. The zero-order chi connectivity index (χ0) is 35.4. The summed E-state index contributed by atoms with van der Waals surface area (Å²) in [5.74, 6) is 4.69. The highest BCUT2D eigenvalue weighted by molar-refractivity contribution is 7.96. The van der Waals surface area contributed by atoms with Crippen LogP contribution in [-0.2, 0) is 10.9 Å². The molecular formula is C48H99ClS. The Morgan fingerprint density at radius 3 is 0.440 bits per heavy atom. The van der Waals surface area contributed by atoms with Gasteiger partial charge in [0.15, 0.2) is 0 Å². The molecule has 0 fully saturated rings. The van der Waals surface area contributed by atoms with Crippen molar-refractivity contribution in [3.63, 3.8) is 0 Å². The van der Waals surface area contributed by atoms with Gasteiger partial charge in [0.25, 0.3) is 0 Å². The quantitative estimate of drug-likeness (QED) is 0.0430. The van der Waals surface area contributed by atoms with Crippen LogP contribution in [0.25, 0.3) is 0 Å². The zero-order valence-electron chi connectivity index (χ0n) is 35.6. The smallest absolute Gasteiger partial charge is 0.108 e. The Kier molecular flexibility index (Phi) is 52.4. The van der Waals surface area contributed by atoms with Crippen LogP contribution in [0.1, 0.15) is 290 Å². The minimum atomic E-state index is 0. The lowest BCUT2D eigenvalue weighted by molar-refractivity contribution is -0.0000109. The molecule has 0 amide bonds. The second-order valence-electron chi connectivity index (χ2n) is 16.5. The minimum Gasteiger partial charge on any atom is -1.00 e. The molecule has 0 heterocycles. The van der Waals surface area contributed by atoms with Gasteiger partial charge in [-0.25, -0.2) is 0 Å². The van der Waals surface area contributed by atoms with E-state index in [0.29, 0.717) is 0 Å². The summed E-state index contributed by atoms with van der Waals surface area (Å²) in [4.78, 5) is 0. The van der Waals surface area contributed by atoms with E-state index < -0.39 is 0 Å². The Balaban J connectivity index is 0. The molecule has 0 nitrogen and oxygen atoms in total. The van der Waals surface area contributed by atoms with Crippen LogP contribution in [0.3, 0.4) is 0 Å². The molecule has 0 unspecified atom stereocenters. The van der Waals surface area contributed by atoms with Gasteiger partial charge in [0.2, 0.25) is 0 Å². The Morgan fingerprint density at radius 2 is 0.300 bits per heavy atom. The van der Waals surface area contributed by atoms with E-state index in [1.54, 1.807) is 17.3 Å². The first kappa shape index (κ1) is 52.7. The van der Waals surface area contributed by atoms with Crippen LogP contribution in [0.15, 0.2) is 0 Å². The SMILES string of the molecule is CCCCCCCCCCCCCCCC[S+](CCCCCCCCCCCCCCCC)CCCCCCCCCCCCCCCC.[Cl-]. The predicted molar refractivity (Wildman–Crippen MR) is 233 cm³/mol. The van der Waals surface area contributed by atoms with Gasteiger partial charge in [0.05, 0.1) is 0 Å². The molecule has 0 radical (unpaired) electrons. The summed E-state index contributed by atoms with van der Waals surface area (Å²) in [6.07, 6.45) is 62.3. The molecule has 0 N–H and O–H groups in total. The molecule has 0 aromatic heterocycles. The van der Waals surface area contributed by atoms with Gasteiger partial charge < -0.3 is 12.4 Å². The van der Waals surface area contributed by atoms with E-state index in [2.05, 4.69) is 20.8 Å². The third-order valence-corrected chi connectivity index (χ3v) is 14.0. The van der Waals surface area contributed by atoms with Gasteiger partial charge >= 0.3 is 0 Å². The molecule has 0 saturated carbocycles. The van der Waals surface area contributed by atoms with Gasteiger partial charge in [0.1, 0.15) is 17.3 Å². The Bertz CT molecular complexity index is 474. The molecule has 0 aromatic carbocycles. The van der Waals surface area contributed by atoms with Crippen LogP contribution < -0.4 is 12.4 Å². The molecule has 0 aliphatic carbocycles. The predicted octanol–water partition coefficient (Wildman–Crippen LogP) is 15.1. The largest absolute Gasteiger partial charge is 1.00 e. The molecule has 0 aliphatic rings. The molecule has 0 aliphatic heterocycles. The number of hydrogen-bond donors (Lipinski definition) is 0. The fraction of sp³-hybridized carbons (Fsp3) is 1.00. The maximum absolute atomic E-state index is 2.32. The van der Waals surface area contributed by atoms with Crippen molar-refractivity contribution in [2.24, 2.45) is 0 Å². The summed E-state index contributed by atoms with van der Waals surface area (Å²) in [6, 6.07) is 0. The van der Waals surface area contributed by atoms with E-state index in [1.807, 2.05) is 0 Å². The number of unbranched alkanes of at least 4 members (excludes halogenated alkanes) is 39. The van der Waals surface area contributed by atoms with Crippen LogP contribution in [0.5, 0.6) is 0 Å². The average Bonchev–Trinajstić information content (AvgIpc) is 3.11. The van der Waals surface area contributed by atoms with Crippen molar-refractivity contribution in [1.82, 2.24) is 0 Å². The first-order valence-corrected chi connectivity index (χ1v) is 25.7. The van der Waals surface area contributed by atoms with E-state index in [1.165, 1.54) is 270 Å². The summed E-state index contributed by atoms with van der Waals surface area (Å²) < 4.78 is 0. The molecule has 0 atom stereocenters. The van der Waals surface area contributed by atoms with Crippen molar-refractivity contribution >= 4 is 10.9 Å². The lowest BCUT2D eigenvalue weighted by atomic mass is 10.0. The lowest BCUT2D eigenvalue weighted by Gasteiger charge is -2.10. The Labute approximate surface area is 329 Å². The van der Waals surface area contributed by atoms with Gasteiger partial charge in [-0.15, -0.1) is 0 Å². The standard InChI is InChI=1S/C48H99S.ClH/c1-4-7-10-13-16-19-22-25-28-31-34-37-40-43-46-49(47-44-41-38-35-32-29-26-23-20-17-14-11-8-5-2)48-45-42-39-36-33-30-27-24-21-18-15-12-9-6-3;/h4-48H2,1-3H3;1H/q+1;/p-1. The Morgan fingerprint density at radius 1 is 0.180 bits per heavy atom. The van der Waals surface area contributed by atoms with E-state index in [-0.39, 0.29) is 12.4 Å². The monoisotopic (exact) mass is 743 g/mol. The third-order valence-electron chi connectivity index (χ3n) is 11.4. The highest BCUT2D eigenvalue weighted by atomic mass is 35.5. The lowest BCUT2D eigenvalue weighted by Crippen LogP contribution is -3.00. The van der Waals surface area contributed by atoms with Crippen LogP contribution >= 0.6 is 0 Å². The molecular weight excluding hydrogens is 644 g/mol. The third kappa shape index (κ3) is 46.7. The minimum absolute atomic E-state index is 0. The summed E-state index contributed by atoms with van der Waals surface area (Å²) in [6.45, 7) is 6.96. The maximum Gasteiger partial charge on any atom is 0.108 e. The van der Waals surface area contributed by atoms with Crippen LogP contribution in [0.4, 0.5) is 0 Å². The highest BCUT2D eigenvalue weighted by Crippen LogP contribution is 2.18. The topological polar surface area (TPSA) is 0 Å². The van der Waals surface area contributed by atoms with Crippen LogP contribution in [-0.4, -0.2) is 17.3 Å². The number of rotatable bonds is 45. The van der Waals surface area contributed by atoms with Crippen molar-refractivity contribution in [2.75, 3.05) is 17.3 Å². The maximum atomic E-state index is 2.32. The zero-order valence-corrected chi connectivity index (χ0v) is 37.2. The molecule has 0 aromatic rings. The van der Waals surface area contributed by atoms with Crippen molar-refractivity contribution in [1.29, 1.82) is 0 Å². The molecule has 2 heteroatoms. The average molecular weight is 744 g/mol. The molecule has 0 spiro atoms. The first-order chi connectivity index (χ1) is 24.3. The van der Waals surface area contributed by atoms with Gasteiger partial charge in [-0.1, -0.05) is 252 Å². The van der Waals surface area contributed by atoms with Crippen molar-refractivity contribution < 1.29 is 12.4 Å². The Hall–Kier alpha value is 0.640. The van der Waals surface area contributed by atoms with E-state index in [4.69, 9.17) is 0 Å². The first-order valence-electron chi connectivity index (χ1n) is 24.0. The van der Waals surface area contributed by atoms with Gasteiger partial charge in [0, 0.05) is 0 Å². The number of hydrogen-bond acceptors (Lipinski definition) is 0. The molecule has 50 heavy (non-hydrogen) atoms. The summed E-state index contributed by atoms with van der Waals surface area (Å²) >= 11 is 0. The second kappa shape index (κ2) is 49.6. The molecule has 0 rings (SSSR count). The molecule has 0 saturated heterocycles. The highest BCUT2D eigenvalue weighted by Gasteiger charge is 2.16. The van der Waals surface area contributed by atoms with Gasteiger partial charge in [-0.3, -0.25) is 0 Å². The van der Waals surface area contributed by atoms with Gasteiger partial charge in [-0.05, 0) is 49.4 Å². The van der Waals surface area contributed by atoms with Gasteiger partial charge in [-0.2, -0.15) is 0 Å². The summed E-state index contributed by atoms with van der Waals surface area (Å²) in [7, 11) is 0.727. The molecule has 0 bridgehead atoms. The van der Waals surface area contributed by atoms with E-state index >= 15 is 0 Å². The normalized spacial score (nSPS) is 11.5. The van der Waals surface area contributed by atoms with E-state index in [0.717, 1.165) is 10.9 Å². The summed E-state index contributed by atoms with van der Waals surface area (Å²) in [5.41, 5.74) is 0. The second-order valence-corrected chi connectivity index (χ2v) is 19.0. The fourth-order valence-corrected chi connectivity index (χ4v) is 10.3. The number of halogens is 1.